The van der Waals surface area contributed by atoms with Gasteiger partial charge >= 0.3 is 0 Å². The Balaban J connectivity index is 4.22. The molecule has 0 saturated heterocycles. The fraction of sp³-hybridized carbons (Fsp3) is 1.00. The standard InChI is InChI=1S/C13H28S/c1-10(8-11(2)14)9-13(6,7)12(3,4)5/h10-11,14H,8-9H2,1-7H3. The number of hydrogen-bond donors (Lipinski definition) is 1. The van der Waals surface area contributed by atoms with Crippen LogP contribution in [0.5, 0.6) is 0 Å². The van der Waals surface area contributed by atoms with E-state index < -0.39 is 0 Å². The molecule has 86 valence electrons. The Labute approximate surface area is 96.3 Å². The molecular formula is C13H28S. The molecule has 0 N–H and O–H groups in total. The van der Waals surface area contributed by atoms with Crippen molar-refractivity contribution in [3.63, 3.8) is 0 Å². The molecule has 0 bridgehead atoms. The highest BCUT2D eigenvalue weighted by Crippen LogP contribution is 2.43. The van der Waals surface area contributed by atoms with Crippen LogP contribution in [0.4, 0.5) is 0 Å². The first-order valence-electron chi connectivity index (χ1n) is 5.74. The lowest BCUT2D eigenvalue weighted by Crippen LogP contribution is -2.31. The molecule has 0 saturated carbocycles. The minimum Gasteiger partial charge on any atom is -0.176 e. The third-order valence-electron chi connectivity index (χ3n) is 3.63. The lowest BCUT2D eigenvalue weighted by Gasteiger charge is -2.41. The van der Waals surface area contributed by atoms with E-state index in [2.05, 4.69) is 61.1 Å². The maximum absolute atomic E-state index is 4.46. The average Bonchev–Trinajstić information content (AvgIpc) is 1.79. The van der Waals surface area contributed by atoms with Crippen molar-refractivity contribution >= 4 is 12.6 Å². The van der Waals surface area contributed by atoms with Crippen LogP contribution in [0, 0.1) is 16.7 Å². The average molecular weight is 216 g/mol. The van der Waals surface area contributed by atoms with Crippen molar-refractivity contribution in [3.8, 4) is 0 Å². The Morgan fingerprint density at radius 3 is 1.71 bits per heavy atom. The molecule has 0 rings (SSSR count). The summed E-state index contributed by atoms with van der Waals surface area (Å²) in [5.74, 6) is 0.775. The van der Waals surface area contributed by atoms with E-state index in [4.69, 9.17) is 0 Å². The summed E-state index contributed by atoms with van der Waals surface area (Å²) >= 11 is 4.46. The number of rotatable bonds is 4. The van der Waals surface area contributed by atoms with Crippen LogP contribution in [0.15, 0.2) is 0 Å². The fourth-order valence-electron chi connectivity index (χ4n) is 1.84. The van der Waals surface area contributed by atoms with Gasteiger partial charge in [0.2, 0.25) is 0 Å². The predicted octanol–water partition coefficient (Wildman–Crippen LogP) is 4.79. The minimum atomic E-state index is 0.390. The van der Waals surface area contributed by atoms with E-state index >= 15 is 0 Å². The van der Waals surface area contributed by atoms with Crippen LogP contribution in [-0.4, -0.2) is 5.25 Å². The van der Waals surface area contributed by atoms with Gasteiger partial charge in [0.25, 0.3) is 0 Å². The first-order valence-corrected chi connectivity index (χ1v) is 6.26. The fourth-order valence-corrected chi connectivity index (χ4v) is 2.20. The zero-order chi connectivity index (χ0) is 11.6. The van der Waals surface area contributed by atoms with Crippen LogP contribution in [-0.2, 0) is 0 Å². The monoisotopic (exact) mass is 216 g/mol. The first-order chi connectivity index (χ1) is 6.06. The van der Waals surface area contributed by atoms with Crippen molar-refractivity contribution in [1.29, 1.82) is 0 Å². The van der Waals surface area contributed by atoms with Gasteiger partial charge in [-0.05, 0) is 34.8 Å². The zero-order valence-electron chi connectivity index (χ0n) is 11.0. The second-order valence-electron chi connectivity index (χ2n) is 6.53. The second kappa shape index (κ2) is 4.92. The smallest absolute Gasteiger partial charge is 0.000905 e. The molecule has 0 fully saturated rings. The van der Waals surface area contributed by atoms with E-state index in [-0.39, 0.29) is 0 Å². The largest absolute Gasteiger partial charge is 0.176 e. The van der Waals surface area contributed by atoms with Gasteiger partial charge in [-0.3, -0.25) is 0 Å². The van der Waals surface area contributed by atoms with E-state index in [1.165, 1.54) is 12.8 Å². The lowest BCUT2D eigenvalue weighted by atomic mass is 9.65. The molecule has 0 aromatic rings. The van der Waals surface area contributed by atoms with Crippen LogP contribution in [0.2, 0.25) is 0 Å². The van der Waals surface area contributed by atoms with Crippen molar-refractivity contribution < 1.29 is 0 Å². The van der Waals surface area contributed by atoms with Crippen LogP contribution in [0.1, 0.15) is 61.3 Å². The zero-order valence-corrected chi connectivity index (χ0v) is 11.9. The van der Waals surface area contributed by atoms with Crippen molar-refractivity contribution in [3.05, 3.63) is 0 Å². The summed E-state index contributed by atoms with van der Waals surface area (Å²) in [4.78, 5) is 0. The molecule has 2 atom stereocenters. The van der Waals surface area contributed by atoms with Crippen molar-refractivity contribution in [2.75, 3.05) is 0 Å². The molecular weight excluding hydrogens is 188 g/mol. The van der Waals surface area contributed by atoms with Gasteiger partial charge in [-0.1, -0.05) is 48.5 Å². The maximum atomic E-state index is 4.46. The van der Waals surface area contributed by atoms with Gasteiger partial charge < -0.3 is 0 Å². The Bertz CT molecular complexity index is 163. The van der Waals surface area contributed by atoms with Gasteiger partial charge in [0.05, 0.1) is 0 Å². The summed E-state index contributed by atoms with van der Waals surface area (Å²) in [6.45, 7) is 16.3. The highest BCUT2D eigenvalue weighted by molar-refractivity contribution is 7.80. The molecule has 0 radical (unpaired) electrons. The Morgan fingerprint density at radius 1 is 1.00 bits per heavy atom. The molecule has 0 aliphatic rings. The molecule has 14 heavy (non-hydrogen) atoms. The summed E-state index contributed by atoms with van der Waals surface area (Å²) in [6, 6.07) is 0. The number of hydrogen-bond acceptors (Lipinski definition) is 1. The first kappa shape index (κ1) is 14.3. The molecule has 0 nitrogen and oxygen atoms in total. The van der Waals surface area contributed by atoms with Gasteiger partial charge in [0.1, 0.15) is 0 Å². The second-order valence-corrected chi connectivity index (χ2v) is 7.41. The third kappa shape index (κ3) is 4.72. The molecule has 0 heterocycles. The van der Waals surface area contributed by atoms with Crippen LogP contribution < -0.4 is 0 Å². The molecule has 0 aliphatic carbocycles. The Hall–Kier alpha value is 0.350. The van der Waals surface area contributed by atoms with E-state index in [1.54, 1.807) is 0 Å². The van der Waals surface area contributed by atoms with E-state index in [0.29, 0.717) is 16.1 Å². The SMILES string of the molecule is CC(S)CC(C)CC(C)(C)C(C)(C)C. The highest BCUT2D eigenvalue weighted by Gasteiger charge is 2.33. The van der Waals surface area contributed by atoms with Crippen LogP contribution in [0.3, 0.4) is 0 Å². The summed E-state index contributed by atoms with van der Waals surface area (Å²) in [6.07, 6.45) is 2.52. The number of thiol groups is 1. The van der Waals surface area contributed by atoms with Gasteiger partial charge in [-0.25, -0.2) is 0 Å². The maximum Gasteiger partial charge on any atom is -0.000905 e. The van der Waals surface area contributed by atoms with Crippen molar-refractivity contribution in [1.82, 2.24) is 0 Å². The Kier molecular flexibility index (Phi) is 5.04. The van der Waals surface area contributed by atoms with Gasteiger partial charge in [0, 0.05) is 0 Å². The van der Waals surface area contributed by atoms with Gasteiger partial charge in [0.15, 0.2) is 0 Å². The summed E-state index contributed by atoms with van der Waals surface area (Å²) in [7, 11) is 0. The van der Waals surface area contributed by atoms with Crippen molar-refractivity contribution in [2.24, 2.45) is 16.7 Å². The molecule has 0 aromatic heterocycles. The van der Waals surface area contributed by atoms with Crippen LogP contribution in [0.25, 0.3) is 0 Å². The summed E-state index contributed by atoms with van der Waals surface area (Å²) in [5, 5.41) is 0.528. The minimum absolute atomic E-state index is 0.390. The molecule has 2 unspecified atom stereocenters. The quantitative estimate of drug-likeness (QED) is 0.642. The normalized spacial score (nSPS) is 18.0. The molecule has 0 aromatic carbocycles. The molecule has 0 spiro atoms. The van der Waals surface area contributed by atoms with E-state index in [9.17, 15) is 0 Å². The molecule has 0 amide bonds. The summed E-state index contributed by atoms with van der Waals surface area (Å²) < 4.78 is 0. The van der Waals surface area contributed by atoms with E-state index in [1.807, 2.05) is 0 Å². The van der Waals surface area contributed by atoms with Crippen LogP contribution >= 0.6 is 12.6 Å². The topological polar surface area (TPSA) is 0 Å². The van der Waals surface area contributed by atoms with E-state index in [0.717, 1.165) is 5.92 Å². The van der Waals surface area contributed by atoms with Crippen molar-refractivity contribution in [2.45, 2.75) is 66.6 Å². The predicted molar refractivity (Wildman–Crippen MR) is 70.1 cm³/mol. The van der Waals surface area contributed by atoms with Gasteiger partial charge in [-0.2, -0.15) is 12.6 Å². The third-order valence-corrected chi connectivity index (χ3v) is 3.84. The Morgan fingerprint density at radius 2 is 1.43 bits per heavy atom. The summed E-state index contributed by atoms with van der Waals surface area (Å²) in [5.41, 5.74) is 0.802. The van der Waals surface area contributed by atoms with Gasteiger partial charge in [-0.15, -0.1) is 0 Å². The lowest BCUT2D eigenvalue weighted by molar-refractivity contribution is 0.0970. The highest BCUT2D eigenvalue weighted by atomic mass is 32.1. The molecule has 1 heteroatoms. The molecule has 0 aliphatic heterocycles.